The van der Waals surface area contributed by atoms with Crippen molar-refractivity contribution in [2.24, 2.45) is 5.73 Å². The molecule has 1 heterocycles. The van der Waals surface area contributed by atoms with Gasteiger partial charge in [-0.2, -0.15) is 0 Å². The van der Waals surface area contributed by atoms with E-state index in [-0.39, 0.29) is 5.84 Å². The molecule has 104 valence electrons. The highest BCUT2D eigenvalue weighted by molar-refractivity contribution is 6.31. The number of halogens is 1. The minimum absolute atomic E-state index is 0.0830. The number of nitrogens with zero attached hydrogens (tertiary/aromatic N) is 2. The van der Waals surface area contributed by atoms with Gasteiger partial charge in [-0.25, -0.2) is 0 Å². The molecule has 5 heteroatoms. The van der Waals surface area contributed by atoms with Crippen LogP contribution in [0.25, 0.3) is 0 Å². The minimum atomic E-state index is 0.0830. The van der Waals surface area contributed by atoms with Crippen LogP contribution in [0.15, 0.2) is 18.2 Å². The highest BCUT2D eigenvalue weighted by Gasteiger charge is 2.14. The lowest BCUT2D eigenvalue weighted by molar-refractivity contribution is 0.346. The summed E-state index contributed by atoms with van der Waals surface area (Å²) in [6.45, 7) is 4.35. The molecule has 0 saturated carbocycles. The number of likely N-dealkylation sites (N-methyl/N-ethyl adjacent to an activating group) is 1. The van der Waals surface area contributed by atoms with Gasteiger partial charge in [-0.05, 0) is 44.1 Å². The number of anilines is 1. The van der Waals surface area contributed by atoms with Crippen molar-refractivity contribution in [1.82, 2.24) is 4.90 Å². The van der Waals surface area contributed by atoms with Crippen LogP contribution in [-0.4, -0.2) is 44.0 Å². The van der Waals surface area contributed by atoms with E-state index in [0.717, 1.165) is 24.3 Å². The molecule has 3 N–H and O–H groups in total. The van der Waals surface area contributed by atoms with Gasteiger partial charge < -0.3 is 15.5 Å². The first-order chi connectivity index (χ1) is 9.08. The van der Waals surface area contributed by atoms with Gasteiger partial charge in [0.05, 0.1) is 0 Å². The first-order valence-corrected chi connectivity index (χ1v) is 7.03. The third-order valence-electron chi connectivity index (χ3n) is 3.61. The van der Waals surface area contributed by atoms with E-state index in [2.05, 4.69) is 9.80 Å². The van der Waals surface area contributed by atoms with Gasteiger partial charge in [0, 0.05) is 36.4 Å². The summed E-state index contributed by atoms with van der Waals surface area (Å²) >= 11 is 6.04. The summed E-state index contributed by atoms with van der Waals surface area (Å²) in [6, 6.07) is 5.46. The zero-order chi connectivity index (χ0) is 13.8. The van der Waals surface area contributed by atoms with Crippen LogP contribution in [0, 0.1) is 5.41 Å². The van der Waals surface area contributed by atoms with Crippen molar-refractivity contribution in [3.63, 3.8) is 0 Å². The van der Waals surface area contributed by atoms with Gasteiger partial charge >= 0.3 is 0 Å². The van der Waals surface area contributed by atoms with Gasteiger partial charge in [0.1, 0.15) is 5.84 Å². The molecule has 0 amide bonds. The highest BCUT2D eigenvalue weighted by atomic mass is 35.5. The summed E-state index contributed by atoms with van der Waals surface area (Å²) in [5.74, 6) is 0.0830. The molecule has 1 aromatic rings. The van der Waals surface area contributed by atoms with E-state index in [1.165, 1.54) is 25.9 Å². The van der Waals surface area contributed by atoms with E-state index in [9.17, 15) is 0 Å². The van der Waals surface area contributed by atoms with Crippen molar-refractivity contribution in [3.8, 4) is 0 Å². The van der Waals surface area contributed by atoms with Crippen LogP contribution in [0.2, 0.25) is 5.02 Å². The molecule has 19 heavy (non-hydrogen) atoms. The molecular formula is C14H21ClN4. The average molecular weight is 281 g/mol. The molecular weight excluding hydrogens is 260 g/mol. The van der Waals surface area contributed by atoms with Crippen molar-refractivity contribution in [1.29, 1.82) is 5.41 Å². The zero-order valence-corrected chi connectivity index (χ0v) is 12.1. The Bertz CT molecular complexity index is 455. The van der Waals surface area contributed by atoms with E-state index in [1.54, 1.807) is 6.07 Å². The van der Waals surface area contributed by atoms with Gasteiger partial charge in [-0.3, -0.25) is 5.41 Å². The smallest absolute Gasteiger partial charge is 0.124 e. The maximum atomic E-state index is 7.64. The second-order valence-corrected chi connectivity index (χ2v) is 5.48. The molecule has 0 aliphatic carbocycles. The molecule has 0 radical (unpaired) electrons. The number of amidine groups is 1. The fourth-order valence-electron chi connectivity index (χ4n) is 2.47. The third kappa shape index (κ3) is 3.61. The predicted octanol–water partition coefficient (Wildman–Crippen LogP) is 2.16. The van der Waals surface area contributed by atoms with Gasteiger partial charge in [0.15, 0.2) is 0 Å². The molecule has 1 fully saturated rings. The lowest BCUT2D eigenvalue weighted by Crippen LogP contribution is -2.32. The first-order valence-electron chi connectivity index (χ1n) is 6.65. The standard InChI is InChI=1S/C14H21ClN4/c1-18(8-9-19-6-2-3-7-19)13-10-11(15)4-5-12(13)14(16)17/h4-5,10H,2-3,6-9H2,1H3,(H3,16,17). The van der Waals surface area contributed by atoms with Crippen molar-refractivity contribution < 1.29 is 0 Å². The molecule has 1 aliphatic rings. The van der Waals surface area contributed by atoms with Crippen molar-refractivity contribution in [2.75, 3.05) is 38.1 Å². The van der Waals surface area contributed by atoms with E-state index >= 15 is 0 Å². The lowest BCUT2D eigenvalue weighted by atomic mass is 10.1. The van der Waals surface area contributed by atoms with E-state index in [4.69, 9.17) is 22.7 Å². The first kappa shape index (κ1) is 14.2. The Morgan fingerprint density at radius 1 is 1.42 bits per heavy atom. The minimum Gasteiger partial charge on any atom is -0.384 e. The zero-order valence-electron chi connectivity index (χ0n) is 11.3. The van der Waals surface area contributed by atoms with Gasteiger partial charge in [0.25, 0.3) is 0 Å². The Kier molecular flexibility index (Phi) is 4.66. The SMILES string of the molecule is CN(CCN1CCCC1)c1cc(Cl)ccc1C(=N)N. The summed E-state index contributed by atoms with van der Waals surface area (Å²) < 4.78 is 0. The molecule has 2 rings (SSSR count). The van der Waals surface area contributed by atoms with Crippen LogP contribution in [-0.2, 0) is 0 Å². The Balaban J connectivity index is 2.06. The topological polar surface area (TPSA) is 56.4 Å². The molecule has 1 saturated heterocycles. The van der Waals surface area contributed by atoms with Crippen LogP contribution in [0.5, 0.6) is 0 Å². The Morgan fingerprint density at radius 3 is 2.74 bits per heavy atom. The molecule has 0 bridgehead atoms. The molecule has 4 nitrogen and oxygen atoms in total. The number of nitrogen functional groups attached to an aromatic ring is 1. The van der Waals surface area contributed by atoms with Gasteiger partial charge in [-0.15, -0.1) is 0 Å². The van der Waals surface area contributed by atoms with Crippen LogP contribution in [0.1, 0.15) is 18.4 Å². The second-order valence-electron chi connectivity index (χ2n) is 5.05. The Morgan fingerprint density at radius 2 is 2.11 bits per heavy atom. The molecule has 1 aromatic carbocycles. The summed E-state index contributed by atoms with van der Waals surface area (Å²) in [5, 5.41) is 8.31. The van der Waals surface area contributed by atoms with Gasteiger partial charge in [0.2, 0.25) is 0 Å². The number of hydrogen-bond acceptors (Lipinski definition) is 3. The van der Waals surface area contributed by atoms with Crippen LogP contribution >= 0.6 is 11.6 Å². The van der Waals surface area contributed by atoms with E-state index < -0.39 is 0 Å². The number of rotatable bonds is 5. The number of nitrogens with one attached hydrogen (secondary N) is 1. The fraction of sp³-hybridized carbons (Fsp3) is 0.500. The van der Waals surface area contributed by atoms with Crippen LogP contribution < -0.4 is 10.6 Å². The molecule has 0 unspecified atom stereocenters. The van der Waals surface area contributed by atoms with E-state index in [0.29, 0.717) is 5.02 Å². The Hall–Kier alpha value is -1.26. The third-order valence-corrected chi connectivity index (χ3v) is 3.85. The maximum absolute atomic E-state index is 7.64. The Labute approximate surface area is 119 Å². The van der Waals surface area contributed by atoms with Crippen LogP contribution in [0.3, 0.4) is 0 Å². The van der Waals surface area contributed by atoms with Crippen molar-refractivity contribution in [3.05, 3.63) is 28.8 Å². The summed E-state index contributed by atoms with van der Waals surface area (Å²) in [5.41, 5.74) is 7.30. The predicted molar refractivity (Wildman–Crippen MR) is 81.4 cm³/mol. The number of benzene rings is 1. The summed E-state index contributed by atoms with van der Waals surface area (Å²) in [7, 11) is 2.02. The number of likely N-dealkylation sites (tertiary alicyclic amines) is 1. The summed E-state index contributed by atoms with van der Waals surface area (Å²) in [6.07, 6.45) is 2.61. The normalized spacial score (nSPS) is 15.7. The monoisotopic (exact) mass is 280 g/mol. The second kappa shape index (κ2) is 6.26. The largest absolute Gasteiger partial charge is 0.384 e. The summed E-state index contributed by atoms with van der Waals surface area (Å²) in [4.78, 5) is 4.59. The average Bonchev–Trinajstić information content (AvgIpc) is 2.88. The van der Waals surface area contributed by atoms with Gasteiger partial charge in [-0.1, -0.05) is 11.6 Å². The van der Waals surface area contributed by atoms with E-state index in [1.807, 2.05) is 19.2 Å². The van der Waals surface area contributed by atoms with Crippen molar-refractivity contribution >= 4 is 23.1 Å². The molecule has 0 aromatic heterocycles. The lowest BCUT2D eigenvalue weighted by Gasteiger charge is -2.25. The number of nitrogens with two attached hydrogens (primary N) is 1. The van der Waals surface area contributed by atoms with Crippen LogP contribution in [0.4, 0.5) is 5.69 Å². The van der Waals surface area contributed by atoms with Crippen molar-refractivity contribution in [2.45, 2.75) is 12.8 Å². The molecule has 0 atom stereocenters. The quantitative estimate of drug-likeness (QED) is 0.642. The fourth-order valence-corrected chi connectivity index (χ4v) is 2.63. The number of hydrogen-bond donors (Lipinski definition) is 2. The highest BCUT2D eigenvalue weighted by Crippen LogP contribution is 2.24. The molecule has 0 spiro atoms. The molecule has 1 aliphatic heterocycles. The maximum Gasteiger partial charge on any atom is 0.124 e.